The van der Waals surface area contributed by atoms with E-state index in [4.69, 9.17) is 5.73 Å². The number of benzene rings is 2. The van der Waals surface area contributed by atoms with Crippen molar-refractivity contribution in [1.29, 1.82) is 0 Å². The third-order valence-corrected chi connectivity index (χ3v) is 6.83. The van der Waals surface area contributed by atoms with Crippen molar-refractivity contribution in [3.8, 4) is 0 Å². The lowest BCUT2D eigenvalue weighted by molar-refractivity contribution is -0.115. The van der Waals surface area contributed by atoms with Crippen molar-refractivity contribution in [2.75, 3.05) is 16.8 Å². The summed E-state index contributed by atoms with van der Waals surface area (Å²) in [5, 5.41) is 2.30. The van der Waals surface area contributed by atoms with E-state index in [2.05, 4.69) is 5.32 Å². The minimum absolute atomic E-state index is 0. The van der Waals surface area contributed by atoms with E-state index in [1.165, 1.54) is 11.8 Å². The number of nitrogen functional groups attached to an aromatic ring is 1. The van der Waals surface area contributed by atoms with Gasteiger partial charge in [0.05, 0.1) is 27.3 Å². The van der Waals surface area contributed by atoms with Crippen molar-refractivity contribution in [2.45, 2.75) is 35.3 Å². The molecule has 0 bridgehead atoms. The quantitative estimate of drug-likeness (QED) is 0.528. The minimum atomic E-state index is -3.35. The summed E-state index contributed by atoms with van der Waals surface area (Å²) in [6, 6.07) is 13.8. The van der Waals surface area contributed by atoms with Gasteiger partial charge in [0.1, 0.15) is 0 Å². The molecule has 0 aromatic heterocycles. The highest BCUT2D eigenvalue weighted by Crippen LogP contribution is 2.31. The Balaban J connectivity index is 0.00000338. The van der Waals surface area contributed by atoms with Gasteiger partial charge in [-0.3, -0.25) is 4.79 Å². The lowest BCUT2D eigenvalue weighted by atomic mass is 10.2. The molecule has 3 N–H and O–H groups in total. The summed E-state index contributed by atoms with van der Waals surface area (Å²) < 4.78 is 24.8. The number of anilines is 2. The van der Waals surface area contributed by atoms with E-state index in [-0.39, 0.29) is 29.0 Å². The molecule has 0 aliphatic carbocycles. The molecule has 8 heteroatoms. The normalized spacial score (nSPS) is 12.1. The van der Waals surface area contributed by atoms with E-state index in [0.29, 0.717) is 22.7 Å². The number of sulfone groups is 1. The van der Waals surface area contributed by atoms with Crippen LogP contribution in [0.15, 0.2) is 58.3 Å². The van der Waals surface area contributed by atoms with Gasteiger partial charge in [0.2, 0.25) is 5.91 Å². The van der Waals surface area contributed by atoms with E-state index in [1.807, 2.05) is 6.92 Å². The second-order valence-electron chi connectivity index (χ2n) is 5.60. The summed E-state index contributed by atoms with van der Waals surface area (Å²) in [4.78, 5) is 13.3. The van der Waals surface area contributed by atoms with Crippen LogP contribution in [-0.2, 0) is 14.6 Å². The largest absolute Gasteiger partial charge is 0.397 e. The fourth-order valence-electron chi connectivity index (χ4n) is 2.27. The number of para-hydroxylation sites is 2. The van der Waals surface area contributed by atoms with Crippen LogP contribution in [0.3, 0.4) is 0 Å². The van der Waals surface area contributed by atoms with Crippen molar-refractivity contribution in [1.82, 2.24) is 0 Å². The molecular weight excluding hydrogens is 392 g/mol. The van der Waals surface area contributed by atoms with Gasteiger partial charge in [0, 0.05) is 4.90 Å². The summed E-state index contributed by atoms with van der Waals surface area (Å²) >= 11 is 1.22. The number of nitrogens with one attached hydrogen (secondary N) is 1. The van der Waals surface area contributed by atoms with Gasteiger partial charge in [-0.05, 0) is 37.6 Å². The molecule has 2 rings (SSSR count). The van der Waals surface area contributed by atoms with Crippen LogP contribution in [0.1, 0.15) is 20.3 Å². The maximum Gasteiger partial charge on any atom is 0.237 e. The van der Waals surface area contributed by atoms with Gasteiger partial charge in [0.15, 0.2) is 9.84 Å². The van der Waals surface area contributed by atoms with Crippen molar-refractivity contribution < 1.29 is 13.2 Å². The van der Waals surface area contributed by atoms with Gasteiger partial charge in [-0.15, -0.1) is 24.2 Å². The van der Waals surface area contributed by atoms with Gasteiger partial charge in [-0.1, -0.05) is 31.2 Å². The number of carbonyl (C=O) groups is 1. The van der Waals surface area contributed by atoms with Crippen molar-refractivity contribution >= 4 is 51.3 Å². The maximum atomic E-state index is 12.4. The number of thioether (sulfide) groups is 1. The number of nitrogens with two attached hydrogens (primary N) is 1. The Kier molecular flexibility index (Phi) is 8.46. The lowest BCUT2D eigenvalue weighted by Crippen LogP contribution is -2.23. The van der Waals surface area contributed by atoms with E-state index >= 15 is 0 Å². The SMILES string of the molecule is CCCS(=O)(=O)c1ccccc1SC(C)C(=O)Nc1ccccc1N.Cl. The first-order chi connectivity index (χ1) is 11.8. The van der Waals surface area contributed by atoms with Gasteiger partial charge in [0.25, 0.3) is 0 Å². The fraction of sp³-hybridized carbons (Fsp3) is 0.278. The summed E-state index contributed by atoms with van der Waals surface area (Å²) in [6.07, 6.45) is 0.546. The van der Waals surface area contributed by atoms with E-state index < -0.39 is 15.1 Å². The van der Waals surface area contributed by atoms with Crippen molar-refractivity contribution in [3.05, 3.63) is 48.5 Å². The number of carbonyl (C=O) groups excluding carboxylic acids is 1. The Labute approximate surface area is 165 Å². The van der Waals surface area contributed by atoms with Crippen LogP contribution in [0.25, 0.3) is 0 Å². The number of hydrogen-bond donors (Lipinski definition) is 2. The zero-order valence-corrected chi connectivity index (χ0v) is 17.1. The second-order valence-corrected chi connectivity index (χ2v) is 9.06. The maximum absolute atomic E-state index is 12.4. The Hall–Kier alpha value is -1.70. The van der Waals surface area contributed by atoms with Gasteiger partial charge in [-0.2, -0.15) is 0 Å². The molecule has 2 aromatic rings. The summed E-state index contributed by atoms with van der Waals surface area (Å²) in [6.45, 7) is 3.57. The monoisotopic (exact) mass is 414 g/mol. The smallest absolute Gasteiger partial charge is 0.237 e. The molecule has 0 aliphatic rings. The molecule has 1 unspecified atom stereocenters. The Morgan fingerprint density at radius 1 is 1.15 bits per heavy atom. The molecule has 142 valence electrons. The van der Waals surface area contributed by atoms with Crippen LogP contribution in [-0.4, -0.2) is 25.3 Å². The minimum Gasteiger partial charge on any atom is -0.397 e. The Bertz CT molecular complexity index is 857. The van der Waals surface area contributed by atoms with Crippen LogP contribution in [0.4, 0.5) is 11.4 Å². The van der Waals surface area contributed by atoms with Crippen LogP contribution in [0, 0.1) is 0 Å². The Morgan fingerprint density at radius 2 is 1.77 bits per heavy atom. The first kappa shape index (κ1) is 22.3. The molecule has 0 spiro atoms. The molecule has 0 fully saturated rings. The third kappa shape index (κ3) is 5.65. The van der Waals surface area contributed by atoms with E-state index in [0.717, 1.165) is 0 Å². The van der Waals surface area contributed by atoms with Crippen molar-refractivity contribution in [3.63, 3.8) is 0 Å². The molecular formula is C18H23ClN2O3S2. The molecule has 0 saturated heterocycles. The summed E-state index contributed by atoms with van der Waals surface area (Å²) in [5.74, 6) is -0.142. The Morgan fingerprint density at radius 3 is 2.42 bits per heavy atom. The van der Waals surface area contributed by atoms with Crippen LogP contribution >= 0.6 is 24.2 Å². The topological polar surface area (TPSA) is 89.3 Å². The first-order valence-corrected chi connectivity index (χ1v) is 10.5. The summed E-state index contributed by atoms with van der Waals surface area (Å²) in [5.41, 5.74) is 6.87. The molecule has 2 aromatic carbocycles. The second kappa shape index (κ2) is 9.85. The summed E-state index contributed by atoms with van der Waals surface area (Å²) in [7, 11) is -3.35. The third-order valence-electron chi connectivity index (χ3n) is 3.55. The van der Waals surface area contributed by atoms with Crippen LogP contribution < -0.4 is 11.1 Å². The molecule has 0 aliphatic heterocycles. The molecule has 0 saturated carbocycles. The highest BCUT2D eigenvalue weighted by atomic mass is 35.5. The molecule has 0 radical (unpaired) electrons. The van der Waals surface area contributed by atoms with Crippen LogP contribution in [0.5, 0.6) is 0 Å². The van der Waals surface area contributed by atoms with E-state index in [1.54, 1.807) is 55.5 Å². The standard InChI is InChI=1S/C18H22N2O3S2.ClH/c1-3-12-25(22,23)17-11-7-6-10-16(17)24-13(2)18(21)20-15-9-5-4-8-14(15)19;/h4-11,13H,3,12,19H2,1-2H3,(H,20,21);1H. The fourth-order valence-corrected chi connectivity index (χ4v) is 5.10. The van der Waals surface area contributed by atoms with Crippen molar-refractivity contribution in [2.24, 2.45) is 0 Å². The first-order valence-electron chi connectivity index (χ1n) is 7.99. The number of hydrogen-bond acceptors (Lipinski definition) is 5. The molecule has 0 heterocycles. The number of rotatable bonds is 7. The zero-order chi connectivity index (χ0) is 18.4. The number of halogens is 1. The predicted octanol–water partition coefficient (Wildman–Crippen LogP) is 3.99. The molecule has 5 nitrogen and oxygen atoms in total. The highest BCUT2D eigenvalue weighted by molar-refractivity contribution is 8.01. The molecule has 1 amide bonds. The molecule has 1 atom stereocenters. The van der Waals surface area contributed by atoms with Gasteiger partial charge in [-0.25, -0.2) is 8.42 Å². The van der Waals surface area contributed by atoms with Gasteiger partial charge >= 0.3 is 0 Å². The molecule has 26 heavy (non-hydrogen) atoms. The van der Waals surface area contributed by atoms with Gasteiger partial charge < -0.3 is 11.1 Å². The average molecular weight is 415 g/mol. The predicted molar refractivity (Wildman–Crippen MR) is 111 cm³/mol. The zero-order valence-electron chi connectivity index (χ0n) is 14.6. The van der Waals surface area contributed by atoms with Crippen LogP contribution in [0.2, 0.25) is 0 Å². The van der Waals surface area contributed by atoms with E-state index in [9.17, 15) is 13.2 Å². The lowest BCUT2D eigenvalue weighted by Gasteiger charge is -2.15. The highest BCUT2D eigenvalue weighted by Gasteiger charge is 2.22. The average Bonchev–Trinajstić information content (AvgIpc) is 2.57. The number of amides is 1.